The zero-order valence-corrected chi connectivity index (χ0v) is 13.4. The van der Waals surface area contributed by atoms with Crippen molar-refractivity contribution in [3.05, 3.63) is 36.4 Å². The monoisotopic (exact) mass is 324 g/mol. The molecule has 1 aliphatic rings. The summed E-state index contributed by atoms with van der Waals surface area (Å²) >= 11 is 3.41. The van der Waals surface area contributed by atoms with Crippen LogP contribution in [0.2, 0.25) is 0 Å². The predicted octanol–water partition coefficient (Wildman–Crippen LogP) is 4.41. The van der Waals surface area contributed by atoms with Crippen LogP contribution in [0.4, 0.5) is 11.4 Å². The molecule has 0 saturated heterocycles. The molecule has 0 amide bonds. The molecule has 18 heavy (non-hydrogen) atoms. The first-order valence-corrected chi connectivity index (χ1v) is 10.1. The van der Waals surface area contributed by atoms with Crippen LogP contribution in [0.25, 0.3) is 10.8 Å². The van der Waals surface area contributed by atoms with E-state index in [1.807, 2.05) is 0 Å². The van der Waals surface area contributed by atoms with Gasteiger partial charge in [-0.3, -0.25) is 0 Å². The molecular formula is C14H17N2PSe. The maximum atomic E-state index is 3.72. The van der Waals surface area contributed by atoms with Crippen LogP contribution < -0.4 is 10.2 Å². The second kappa shape index (κ2) is 3.87. The molecule has 4 heteroatoms. The molecule has 0 spiro atoms. The molecule has 0 saturated carbocycles. The predicted molar refractivity (Wildman–Crippen MR) is 83.6 cm³/mol. The van der Waals surface area contributed by atoms with Gasteiger partial charge in [-0.2, -0.15) is 0 Å². The van der Waals surface area contributed by atoms with E-state index in [4.69, 9.17) is 0 Å². The summed E-state index contributed by atoms with van der Waals surface area (Å²) in [6, 6.07) is 12.9. The molecule has 3 rings (SSSR count). The normalized spacial score (nSPS) is 17.1. The standard InChI is InChI=1S/C14H17N2PSe/c1-14(2,3)17(18)15-11-8-4-6-10-7-5-9-12(16-17)13(10)11/h4-9H,1-3H3,(H2,15,16,18). The van der Waals surface area contributed by atoms with E-state index in [-0.39, 0.29) is 5.16 Å². The number of nitrogens with one attached hydrogen (secondary N) is 2. The molecule has 2 aromatic rings. The topological polar surface area (TPSA) is 24.1 Å². The Morgan fingerprint density at radius 2 is 1.44 bits per heavy atom. The van der Waals surface area contributed by atoms with Crippen molar-refractivity contribution in [2.75, 3.05) is 10.2 Å². The van der Waals surface area contributed by atoms with Gasteiger partial charge in [-0.15, -0.1) is 0 Å². The summed E-state index contributed by atoms with van der Waals surface area (Å²) < 4.78 is 0. The van der Waals surface area contributed by atoms with E-state index in [2.05, 4.69) is 82.4 Å². The molecule has 0 unspecified atom stereocenters. The van der Waals surface area contributed by atoms with E-state index in [0.29, 0.717) is 0 Å². The quantitative estimate of drug-likeness (QED) is 0.554. The molecule has 2 N–H and O–H groups in total. The fourth-order valence-electron chi connectivity index (χ4n) is 2.23. The molecule has 2 nitrogen and oxygen atoms in total. The first kappa shape index (κ1) is 12.3. The van der Waals surface area contributed by atoms with E-state index in [0.717, 1.165) is 0 Å². The summed E-state index contributed by atoms with van der Waals surface area (Å²) in [4.78, 5) is 0. The van der Waals surface area contributed by atoms with Crippen molar-refractivity contribution < 1.29 is 0 Å². The molecule has 1 heterocycles. The molecule has 0 aromatic heterocycles. The molecule has 1 aliphatic heterocycles. The summed E-state index contributed by atoms with van der Waals surface area (Å²) in [6.45, 7) is 6.81. The van der Waals surface area contributed by atoms with E-state index in [9.17, 15) is 0 Å². The zero-order chi connectivity index (χ0) is 13.0. The Kier molecular flexibility index (Phi) is 2.64. The minimum atomic E-state index is -1.57. The Morgan fingerprint density at radius 1 is 0.944 bits per heavy atom. The Morgan fingerprint density at radius 3 is 1.89 bits per heavy atom. The van der Waals surface area contributed by atoms with Gasteiger partial charge in [-0.25, -0.2) is 0 Å². The average molecular weight is 323 g/mol. The van der Waals surface area contributed by atoms with Crippen LogP contribution in [0.15, 0.2) is 36.4 Å². The van der Waals surface area contributed by atoms with E-state index < -0.39 is 5.81 Å². The molecule has 0 fully saturated rings. The van der Waals surface area contributed by atoms with Gasteiger partial charge in [0.25, 0.3) is 0 Å². The SMILES string of the molecule is CC(C)(C)P1(=[Se])Nc2cccc3cccc(c23)N1. The van der Waals surface area contributed by atoms with Crippen molar-refractivity contribution in [3.8, 4) is 0 Å². The number of anilines is 2. The Labute approximate surface area is 115 Å². The molecule has 0 atom stereocenters. The van der Waals surface area contributed by atoms with Crippen LogP contribution in [-0.2, 0) is 0 Å². The summed E-state index contributed by atoms with van der Waals surface area (Å²) in [6.07, 6.45) is 0. The van der Waals surface area contributed by atoms with Crippen molar-refractivity contribution in [1.29, 1.82) is 0 Å². The van der Waals surface area contributed by atoms with Crippen LogP contribution in [0.5, 0.6) is 0 Å². The van der Waals surface area contributed by atoms with Crippen molar-refractivity contribution in [2.45, 2.75) is 25.9 Å². The number of rotatable bonds is 0. The maximum absolute atomic E-state index is 3.72. The molecule has 0 radical (unpaired) electrons. The van der Waals surface area contributed by atoms with Gasteiger partial charge >= 0.3 is 116 Å². The van der Waals surface area contributed by atoms with Crippen LogP contribution in [-0.4, -0.2) is 20.3 Å². The summed E-state index contributed by atoms with van der Waals surface area (Å²) in [7, 11) is 0. The first-order chi connectivity index (χ1) is 8.41. The van der Waals surface area contributed by atoms with Gasteiger partial charge < -0.3 is 0 Å². The van der Waals surface area contributed by atoms with Crippen LogP contribution in [0.1, 0.15) is 20.8 Å². The molecule has 0 aliphatic carbocycles. The fraction of sp³-hybridized carbons (Fsp3) is 0.286. The van der Waals surface area contributed by atoms with Crippen molar-refractivity contribution in [2.24, 2.45) is 0 Å². The Balaban J connectivity index is 2.26. The van der Waals surface area contributed by atoms with Gasteiger partial charge in [-0.05, 0) is 0 Å². The van der Waals surface area contributed by atoms with Crippen molar-refractivity contribution in [1.82, 2.24) is 0 Å². The molecule has 0 bridgehead atoms. The molecular weight excluding hydrogens is 306 g/mol. The zero-order valence-electron chi connectivity index (χ0n) is 10.8. The van der Waals surface area contributed by atoms with Crippen LogP contribution >= 0.6 is 5.81 Å². The van der Waals surface area contributed by atoms with Gasteiger partial charge in [0.1, 0.15) is 0 Å². The minimum absolute atomic E-state index is 0.169. The van der Waals surface area contributed by atoms with Gasteiger partial charge in [0.05, 0.1) is 0 Å². The fourth-order valence-corrected chi connectivity index (χ4v) is 5.25. The third-order valence-corrected chi connectivity index (χ3v) is 11.0. The van der Waals surface area contributed by atoms with Crippen LogP contribution in [0.3, 0.4) is 0 Å². The van der Waals surface area contributed by atoms with Gasteiger partial charge in [0.15, 0.2) is 0 Å². The van der Waals surface area contributed by atoms with Crippen molar-refractivity contribution >= 4 is 43.1 Å². The molecule has 2 aromatic carbocycles. The Hall–Kier alpha value is -0.751. The molecule has 94 valence electrons. The number of benzene rings is 2. The second-order valence-electron chi connectivity index (χ2n) is 5.71. The summed E-state index contributed by atoms with van der Waals surface area (Å²) in [5.41, 5.74) is 2.48. The Bertz CT molecular complexity index is 628. The van der Waals surface area contributed by atoms with Crippen molar-refractivity contribution in [3.63, 3.8) is 0 Å². The second-order valence-corrected chi connectivity index (χ2v) is 12.2. The average Bonchev–Trinajstić information content (AvgIpc) is 2.27. The summed E-state index contributed by atoms with van der Waals surface area (Å²) in [5.74, 6) is -1.57. The van der Waals surface area contributed by atoms with E-state index in [1.165, 1.54) is 22.1 Å². The van der Waals surface area contributed by atoms with E-state index >= 15 is 0 Å². The first-order valence-electron chi connectivity index (χ1n) is 6.09. The number of hydrogen-bond acceptors (Lipinski definition) is 2. The van der Waals surface area contributed by atoms with Crippen LogP contribution in [0, 0.1) is 0 Å². The third kappa shape index (κ3) is 1.73. The summed E-state index contributed by atoms with van der Waals surface area (Å²) in [5, 5.41) is 10.2. The van der Waals surface area contributed by atoms with Gasteiger partial charge in [0, 0.05) is 0 Å². The van der Waals surface area contributed by atoms with Gasteiger partial charge in [-0.1, -0.05) is 0 Å². The van der Waals surface area contributed by atoms with E-state index in [1.54, 1.807) is 0 Å². The van der Waals surface area contributed by atoms with Gasteiger partial charge in [0.2, 0.25) is 0 Å². The number of hydrogen-bond donors (Lipinski definition) is 2. The third-order valence-electron chi connectivity index (χ3n) is 3.41.